The summed E-state index contributed by atoms with van der Waals surface area (Å²) in [6.45, 7) is 2.24. The van der Waals surface area contributed by atoms with Crippen molar-refractivity contribution in [2.75, 3.05) is 7.05 Å². The van der Waals surface area contributed by atoms with Crippen molar-refractivity contribution in [3.8, 4) is 0 Å². The molecule has 1 aromatic carbocycles. The number of benzene rings is 1. The van der Waals surface area contributed by atoms with Gasteiger partial charge < -0.3 is 5.32 Å². The first kappa shape index (κ1) is 10.2. The van der Waals surface area contributed by atoms with E-state index in [9.17, 15) is 4.79 Å². The molecule has 2 nitrogen and oxygen atoms in total. The van der Waals surface area contributed by atoms with Crippen LogP contribution in [0.4, 0.5) is 0 Å². The van der Waals surface area contributed by atoms with Crippen molar-refractivity contribution in [1.29, 1.82) is 0 Å². The number of fused-ring (bicyclic) bond motifs is 1. The molecule has 0 saturated carbocycles. The van der Waals surface area contributed by atoms with E-state index in [0.29, 0.717) is 5.92 Å². The lowest BCUT2D eigenvalue weighted by atomic mass is 9.83. The van der Waals surface area contributed by atoms with Gasteiger partial charge in [-0.3, -0.25) is 4.79 Å². The Morgan fingerprint density at radius 1 is 1.47 bits per heavy atom. The summed E-state index contributed by atoms with van der Waals surface area (Å²) in [5.41, 5.74) is 3.56. The Morgan fingerprint density at radius 3 is 3.00 bits per heavy atom. The average molecular weight is 203 g/mol. The SMILES string of the molecule is CNC(=O)c1ccc2c(c1)C(C)CCC2. The molecule has 1 atom stereocenters. The minimum absolute atomic E-state index is 0.00979. The number of aryl methyl sites for hydroxylation is 1. The Labute approximate surface area is 90.7 Å². The summed E-state index contributed by atoms with van der Waals surface area (Å²) in [5.74, 6) is 0.605. The summed E-state index contributed by atoms with van der Waals surface area (Å²) in [6.07, 6.45) is 3.67. The number of amides is 1. The van der Waals surface area contributed by atoms with Gasteiger partial charge in [0.2, 0.25) is 0 Å². The van der Waals surface area contributed by atoms with Crippen molar-refractivity contribution in [2.45, 2.75) is 32.1 Å². The van der Waals surface area contributed by atoms with E-state index in [1.54, 1.807) is 7.05 Å². The minimum atomic E-state index is 0.00979. The van der Waals surface area contributed by atoms with Crippen molar-refractivity contribution in [2.24, 2.45) is 0 Å². The molecule has 1 aliphatic rings. The number of hydrogen-bond donors (Lipinski definition) is 1. The van der Waals surface area contributed by atoms with Crippen LogP contribution in [0.15, 0.2) is 18.2 Å². The van der Waals surface area contributed by atoms with Gasteiger partial charge in [-0.05, 0) is 48.4 Å². The zero-order chi connectivity index (χ0) is 10.8. The van der Waals surface area contributed by atoms with Gasteiger partial charge in [0.05, 0.1) is 0 Å². The molecule has 0 fully saturated rings. The second kappa shape index (κ2) is 4.05. The first-order chi connectivity index (χ1) is 7.22. The Balaban J connectivity index is 2.39. The van der Waals surface area contributed by atoms with Gasteiger partial charge in [-0.15, -0.1) is 0 Å². The van der Waals surface area contributed by atoms with Gasteiger partial charge in [-0.2, -0.15) is 0 Å². The highest BCUT2D eigenvalue weighted by Gasteiger charge is 2.17. The van der Waals surface area contributed by atoms with Crippen LogP contribution in [0.3, 0.4) is 0 Å². The van der Waals surface area contributed by atoms with Crippen LogP contribution >= 0.6 is 0 Å². The topological polar surface area (TPSA) is 29.1 Å². The molecule has 2 rings (SSSR count). The fourth-order valence-electron chi connectivity index (χ4n) is 2.32. The summed E-state index contributed by atoms with van der Waals surface area (Å²) in [5, 5.41) is 2.66. The van der Waals surface area contributed by atoms with E-state index in [-0.39, 0.29) is 5.91 Å². The maximum atomic E-state index is 11.5. The highest BCUT2D eigenvalue weighted by Crippen LogP contribution is 2.31. The fourth-order valence-corrected chi connectivity index (χ4v) is 2.32. The van der Waals surface area contributed by atoms with Crippen LogP contribution in [0.25, 0.3) is 0 Å². The van der Waals surface area contributed by atoms with Crippen LogP contribution in [0, 0.1) is 0 Å². The zero-order valence-electron chi connectivity index (χ0n) is 9.34. The molecule has 0 spiro atoms. The van der Waals surface area contributed by atoms with Gasteiger partial charge in [0.25, 0.3) is 5.91 Å². The molecule has 1 amide bonds. The van der Waals surface area contributed by atoms with Crippen LogP contribution < -0.4 is 5.32 Å². The molecule has 0 aliphatic heterocycles. The van der Waals surface area contributed by atoms with Crippen LogP contribution in [-0.2, 0) is 6.42 Å². The second-order valence-corrected chi connectivity index (χ2v) is 4.29. The minimum Gasteiger partial charge on any atom is -0.355 e. The predicted octanol–water partition coefficient (Wildman–Crippen LogP) is 2.49. The normalized spacial score (nSPS) is 19.5. The van der Waals surface area contributed by atoms with Crippen molar-refractivity contribution in [1.82, 2.24) is 5.32 Å². The number of hydrogen-bond acceptors (Lipinski definition) is 1. The molecule has 0 bridgehead atoms. The van der Waals surface area contributed by atoms with Gasteiger partial charge in [0.15, 0.2) is 0 Å². The van der Waals surface area contributed by atoms with Crippen LogP contribution in [0.2, 0.25) is 0 Å². The lowest BCUT2D eigenvalue weighted by Gasteiger charge is -2.22. The zero-order valence-corrected chi connectivity index (χ0v) is 9.34. The summed E-state index contributed by atoms with van der Waals surface area (Å²) in [6, 6.07) is 6.09. The predicted molar refractivity (Wildman–Crippen MR) is 61.2 cm³/mol. The molecular formula is C13H17NO. The number of carbonyl (C=O) groups is 1. The smallest absolute Gasteiger partial charge is 0.251 e. The Morgan fingerprint density at radius 2 is 2.27 bits per heavy atom. The molecule has 0 aromatic heterocycles. The molecule has 15 heavy (non-hydrogen) atoms. The number of rotatable bonds is 1. The quantitative estimate of drug-likeness (QED) is 0.746. The number of carbonyl (C=O) groups excluding carboxylic acids is 1. The third-order valence-electron chi connectivity index (χ3n) is 3.25. The van der Waals surface area contributed by atoms with E-state index in [1.165, 1.54) is 24.0 Å². The molecule has 1 unspecified atom stereocenters. The molecule has 80 valence electrons. The van der Waals surface area contributed by atoms with Crippen molar-refractivity contribution < 1.29 is 4.79 Å². The van der Waals surface area contributed by atoms with Crippen molar-refractivity contribution in [3.05, 3.63) is 34.9 Å². The average Bonchev–Trinajstić information content (AvgIpc) is 2.28. The number of nitrogens with one attached hydrogen (secondary N) is 1. The molecule has 0 radical (unpaired) electrons. The van der Waals surface area contributed by atoms with Crippen molar-refractivity contribution in [3.63, 3.8) is 0 Å². The van der Waals surface area contributed by atoms with E-state index in [2.05, 4.69) is 24.4 Å². The lowest BCUT2D eigenvalue weighted by Crippen LogP contribution is -2.19. The summed E-state index contributed by atoms with van der Waals surface area (Å²) < 4.78 is 0. The highest BCUT2D eigenvalue weighted by atomic mass is 16.1. The fraction of sp³-hybridized carbons (Fsp3) is 0.462. The van der Waals surface area contributed by atoms with Gasteiger partial charge in [-0.1, -0.05) is 13.0 Å². The maximum absolute atomic E-state index is 11.5. The van der Waals surface area contributed by atoms with Gasteiger partial charge in [0.1, 0.15) is 0 Å². The third kappa shape index (κ3) is 1.89. The van der Waals surface area contributed by atoms with Crippen molar-refractivity contribution >= 4 is 5.91 Å². The maximum Gasteiger partial charge on any atom is 0.251 e. The van der Waals surface area contributed by atoms with Gasteiger partial charge in [0, 0.05) is 12.6 Å². The molecular weight excluding hydrogens is 186 g/mol. The Hall–Kier alpha value is -1.31. The van der Waals surface area contributed by atoms with Crippen LogP contribution in [-0.4, -0.2) is 13.0 Å². The van der Waals surface area contributed by atoms with E-state index in [4.69, 9.17) is 0 Å². The molecule has 1 aromatic rings. The third-order valence-corrected chi connectivity index (χ3v) is 3.25. The molecule has 1 aliphatic carbocycles. The first-order valence-corrected chi connectivity index (χ1v) is 5.57. The molecule has 2 heteroatoms. The van der Waals surface area contributed by atoms with Gasteiger partial charge >= 0.3 is 0 Å². The molecule has 1 N–H and O–H groups in total. The lowest BCUT2D eigenvalue weighted by molar-refractivity contribution is 0.0963. The standard InChI is InChI=1S/C13H17NO/c1-9-4-3-5-10-6-7-11(8-12(9)10)13(15)14-2/h6-9H,3-5H2,1-2H3,(H,14,15). The van der Waals surface area contributed by atoms with Crippen LogP contribution in [0.5, 0.6) is 0 Å². The summed E-state index contributed by atoms with van der Waals surface area (Å²) in [7, 11) is 1.67. The first-order valence-electron chi connectivity index (χ1n) is 5.57. The monoisotopic (exact) mass is 203 g/mol. The summed E-state index contributed by atoms with van der Waals surface area (Å²) >= 11 is 0. The van der Waals surface area contributed by atoms with E-state index in [1.807, 2.05) is 6.07 Å². The van der Waals surface area contributed by atoms with Gasteiger partial charge in [-0.25, -0.2) is 0 Å². The highest BCUT2D eigenvalue weighted by molar-refractivity contribution is 5.94. The Kier molecular flexibility index (Phi) is 2.76. The second-order valence-electron chi connectivity index (χ2n) is 4.29. The molecule has 0 saturated heterocycles. The van der Waals surface area contributed by atoms with E-state index >= 15 is 0 Å². The van der Waals surface area contributed by atoms with Crippen LogP contribution in [0.1, 0.15) is 47.2 Å². The van der Waals surface area contributed by atoms with E-state index < -0.39 is 0 Å². The summed E-state index contributed by atoms with van der Waals surface area (Å²) in [4.78, 5) is 11.5. The van der Waals surface area contributed by atoms with E-state index in [0.717, 1.165) is 12.0 Å². The Bertz CT molecular complexity index is 384. The molecule has 0 heterocycles. The largest absolute Gasteiger partial charge is 0.355 e.